The zero-order valence-electron chi connectivity index (χ0n) is 14.1. The van der Waals surface area contributed by atoms with Crippen LogP contribution in [0.25, 0.3) is 11.1 Å². The number of aromatic nitrogens is 1. The largest absolute Gasteiger partial charge is 0.494 e. The van der Waals surface area contributed by atoms with Crippen molar-refractivity contribution in [3.8, 4) is 34.4 Å². The maximum Gasteiger partial charge on any atom is 0.202 e. The molecule has 5 nitrogen and oxygen atoms in total. The molecule has 0 atom stereocenters. The van der Waals surface area contributed by atoms with E-state index in [2.05, 4.69) is 6.92 Å². The Bertz CT molecular complexity index is 761. The van der Waals surface area contributed by atoms with Crippen LogP contribution in [0.5, 0.6) is 23.3 Å². The number of aromatic hydroxyl groups is 2. The summed E-state index contributed by atoms with van der Waals surface area (Å²) in [5.74, 6) is 1.73. The van der Waals surface area contributed by atoms with Crippen molar-refractivity contribution in [1.29, 1.82) is 0 Å². The molecule has 1 heterocycles. The standard InChI is InChI=1S/C18H23NO4/c1-5-10-9-13(22-3)16(23-4)11-7-8-12-15(14(10)11)18(21)19(6-2)17(12)20/h9,20-21H,5-8H2,1-4H3. The van der Waals surface area contributed by atoms with E-state index in [1.807, 2.05) is 13.0 Å². The topological polar surface area (TPSA) is 63.8 Å². The number of fused-ring (bicyclic) bond motifs is 3. The lowest BCUT2D eigenvalue weighted by molar-refractivity contribution is 0.351. The number of aryl methyl sites for hydroxylation is 1. The Labute approximate surface area is 136 Å². The van der Waals surface area contributed by atoms with Crippen molar-refractivity contribution in [1.82, 2.24) is 4.57 Å². The van der Waals surface area contributed by atoms with Gasteiger partial charge >= 0.3 is 0 Å². The Kier molecular flexibility index (Phi) is 3.88. The fraction of sp³-hybridized carbons (Fsp3) is 0.444. The fourth-order valence-corrected chi connectivity index (χ4v) is 3.65. The van der Waals surface area contributed by atoms with Gasteiger partial charge in [-0.15, -0.1) is 0 Å². The van der Waals surface area contributed by atoms with Gasteiger partial charge in [0.1, 0.15) is 0 Å². The van der Waals surface area contributed by atoms with E-state index >= 15 is 0 Å². The second-order valence-electron chi connectivity index (χ2n) is 5.72. The molecule has 2 aromatic rings. The van der Waals surface area contributed by atoms with Crippen LogP contribution >= 0.6 is 0 Å². The Morgan fingerprint density at radius 2 is 1.70 bits per heavy atom. The third kappa shape index (κ3) is 2.06. The molecular formula is C18H23NO4. The predicted molar refractivity (Wildman–Crippen MR) is 88.8 cm³/mol. The number of ether oxygens (including phenoxy) is 2. The third-order valence-corrected chi connectivity index (χ3v) is 4.73. The highest BCUT2D eigenvalue weighted by Gasteiger charge is 2.32. The molecule has 0 radical (unpaired) electrons. The van der Waals surface area contributed by atoms with Crippen LogP contribution < -0.4 is 9.47 Å². The van der Waals surface area contributed by atoms with E-state index < -0.39 is 0 Å². The van der Waals surface area contributed by atoms with Gasteiger partial charge in [-0.1, -0.05) is 6.92 Å². The van der Waals surface area contributed by atoms with Gasteiger partial charge in [0.05, 0.1) is 19.8 Å². The minimum absolute atomic E-state index is 0.128. The van der Waals surface area contributed by atoms with Gasteiger partial charge in [-0.3, -0.25) is 4.57 Å². The minimum Gasteiger partial charge on any atom is -0.494 e. The lowest BCUT2D eigenvalue weighted by Gasteiger charge is -2.24. The molecule has 3 rings (SSSR count). The van der Waals surface area contributed by atoms with E-state index in [1.165, 1.54) is 0 Å². The van der Waals surface area contributed by atoms with Crippen molar-refractivity contribution >= 4 is 0 Å². The molecular weight excluding hydrogens is 294 g/mol. The Balaban J connectivity index is 2.38. The Morgan fingerprint density at radius 1 is 1.00 bits per heavy atom. The summed E-state index contributed by atoms with van der Waals surface area (Å²) in [6, 6.07) is 1.96. The van der Waals surface area contributed by atoms with Gasteiger partial charge in [-0.05, 0) is 43.4 Å². The van der Waals surface area contributed by atoms with E-state index in [9.17, 15) is 10.2 Å². The minimum atomic E-state index is 0.128. The highest BCUT2D eigenvalue weighted by Crippen LogP contribution is 2.51. The summed E-state index contributed by atoms with van der Waals surface area (Å²) >= 11 is 0. The van der Waals surface area contributed by atoms with Gasteiger partial charge in [-0.2, -0.15) is 0 Å². The van der Waals surface area contributed by atoms with Crippen molar-refractivity contribution in [3.63, 3.8) is 0 Å². The summed E-state index contributed by atoms with van der Waals surface area (Å²) in [6.45, 7) is 4.50. The van der Waals surface area contributed by atoms with Crippen LogP contribution in [-0.2, 0) is 25.8 Å². The molecule has 0 saturated carbocycles. The summed E-state index contributed by atoms with van der Waals surface area (Å²) < 4.78 is 12.6. The average Bonchev–Trinajstić information content (AvgIpc) is 2.83. The molecule has 0 aliphatic heterocycles. The number of methoxy groups -OCH3 is 2. The van der Waals surface area contributed by atoms with Gasteiger partial charge in [-0.25, -0.2) is 0 Å². The molecule has 1 aromatic carbocycles. The first-order valence-electron chi connectivity index (χ1n) is 7.99. The first-order valence-corrected chi connectivity index (χ1v) is 7.99. The number of hydrogen-bond donors (Lipinski definition) is 2. The average molecular weight is 317 g/mol. The fourth-order valence-electron chi connectivity index (χ4n) is 3.65. The van der Waals surface area contributed by atoms with Crippen LogP contribution in [0.15, 0.2) is 6.07 Å². The van der Waals surface area contributed by atoms with E-state index in [4.69, 9.17) is 9.47 Å². The molecule has 0 bridgehead atoms. The van der Waals surface area contributed by atoms with Gasteiger partial charge in [0, 0.05) is 17.7 Å². The third-order valence-electron chi connectivity index (χ3n) is 4.73. The molecule has 0 amide bonds. The van der Waals surface area contributed by atoms with Gasteiger partial charge in [0.25, 0.3) is 0 Å². The second-order valence-corrected chi connectivity index (χ2v) is 5.72. The smallest absolute Gasteiger partial charge is 0.202 e. The zero-order chi connectivity index (χ0) is 16.7. The summed E-state index contributed by atoms with van der Waals surface area (Å²) in [5, 5.41) is 21.1. The predicted octanol–water partition coefficient (Wildman–Crippen LogP) is 3.26. The number of rotatable bonds is 4. The highest BCUT2D eigenvalue weighted by molar-refractivity contribution is 5.85. The van der Waals surface area contributed by atoms with Crippen LogP contribution in [0, 0.1) is 0 Å². The van der Waals surface area contributed by atoms with Gasteiger partial charge in [0.2, 0.25) is 5.88 Å². The summed E-state index contributed by atoms with van der Waals surface area (Å²) in [7, 11) is 3.27. The lowest BCUT2D eigenvalue weighted by Crippen LogP contribution is -2.08. The second kappa shape index (κ2) is 5.72. The van der Waals surface area contributed by atoms with Crippen molar-refractivity contribution in [3.05, 3.63) is 22.8 Å². The summed E-state index contributed by atoms with van der Waals surface area (Å²) in [4.78, 5) is 0. The maximum absolute atomic E-state index is 10.6. The van der Waals surface area contributed by atoms with Gasteiger partial charge in [0.15, 0.2) is 17.4 Å². The molecule has 2 N–H and O–H groups in total. The van der Waals surface area contributed by atoms with Crippen LogP contribution in [0.2, 0.25) is 0 Å². The zero-order valence-corrected chi connectivity index (χ0v) is 14.1. The van der Waals surface area contributed by atoms with Crippen molar-refractivity contribution in [2.24, 2.45) is 0 Å². The normalized spacial score (nSPS) is 12.7. The lowest BCUT2D eigenvalue weighted by atomic mass is 9.83. The van der Waals surface area contributed by atoms with Crippen molar-refractivity contribution in [2.75, 3.05) is 14.2 Å². The van der Waals surface area contributed by atoms with Crippen molar-refractivity contribution < 1.29 is 19.7 Å². The molecule has 124 valence electrons. The molecule has 1 aliphatic carbocycles. The molecule has 0 saturated heterocycles. The molecule has 23 heavy (non-hydrogen) atoms. The number of hydrogen-bond acceptors (Lipinski definition) is 4. The number of nitrogens with zero attached hydrogens (tertiary/aromatic N) is 1. The van der Waals surface area contributed by atoms with Crippen LogP contribution in [0.4, 0.5) is 0 Å². The van der Waals surface area contributed by atoms with E-state index in [-0.39, 0.29) is 11.8 Å². The maximum atomic E-state index is 10.6. The summed E-state index contributed by atoms with van der Waals surface area (Å²) in [5.41, 5.74) is 4.66. The van der Waals surface area contributed by atoms with Crippen LogP contribution in [0.1, 0.15) is 30.5 Å². The molecule has 0 unspecified atom stereocenters. The van der Waals surface area contributed by atoms with E-state index in [0.29, 0.717) is 24.5 Å². The van der Waals surface area contributed by atoms with Crippen LogP contribution in [-0.4, -0.2) is 29.0 Å². The summed E-state index contributed by atoms with van der Waals surface area (Å²) in [6.07, 6.45) is 2.22. The van der Waals surface area contributed by atoms with Gasteiger partial charge < -0.3 is 19.7 Å². The van der Waals surface area contributed by atoms with Crippen LogP contribution in [0.3, 0.4) is 0 Å². The molecule has 1 aliphatic rings. The molecule has 1 aromatic heterocycles. The molecule has 0 fully saturated rings. The Morgan fingerprint density at radius 3 is 2.26 bits per heavy atom. The van der Waals surface area contributed by atoms with E-state index in [1.54, 1.807) is 18.8 Å². The molecule has 5 heteroatoms. The highest BCUT2D eigenvalue weighted by atomic mass is 16.5. The van der Waals surface area contributed by atoms with Crippen molar-refractivity contribution in [2.45, 2.75) is 39.7 Å². The number of benzene rings is 1. The first-order chi connectivity index (χ1) is 11.1. The first kappa shape index (κ1) is 15.6. The monoisotopic (exact) mass is 317 g/mol. The Hall–Kier alpha value is -2.30. The van der Waals surface area contributed by atoms with E-state index in [0.717, 1.165) is 40.7 Å². The molecule has 0 spiro atoms. The SMILES string of the molecule is CCc1cc(OC)c(OC)c2c1-c1c(c(O)n(CC)c1O)CC2. The quantitative estimate of drug-likeness (QED) is 0.908.